The lowest BCUT2D eigenvalue weighted by atomic mass is 10.2. The van der Waals surface area contributed by atoms with Gasteiger partial charge in [0, 0.05) is 17.1 Å². The number of nitrogens with one attached hydrogen (secondary N) is 1. The summed E-state index contributed by atoms with van der Waals surface area (Å²) in [6.07, 6.45) is -3.53. The molecule has 2 heterocycles. The van der Waals surface area contributed by atoms with Crippen LogP contribution in [0.15, 0.2) is 42.6 Å². The van der Waals surface area contributed by atoms with E-state index in [4.69, 9.17) is 4.43 Å². The molecule has 2 aromatic heterocycles. The molecule has 0 saturated carbocycles. The molecule has 0 amide bonds. The molecule has 144 valence electrons. The monoisotopic (exact) mass is 392 g/mol. The molecule has 0 atom stereocenters. The van der Waals surface area contributed by atoms with Crippen LogP contribution >= 0.6 is 0 Å². The van der Waals surface area contributed by atoms with Gasteiger partial charge in [-0.1, -0.05) is 20.8 Å². The maximum Gasteiger partial charge on any atom is 0.417 e. The average Bonchev–Trinajstić information content (AvgIpc) is 2.96. The minimum absolute atomic E-state index is 0.0927. The van der Waals surface area contributed by atoms with Crippen molar-refractivity contribution in [3.05, 3.63) is 48.2 Å². The summed E-state index contributed by atoms with van der Waals surface area (Å²) in [5.74, 6) is 0.806. The highest BCUT2D eigenvalue weighted by molar-refractivity contribution is 6.74. The highest BCUT2D eigenvalue weighted by Crippen LogP contribution is 2.38. The first-order chi connectivity index (χ1) is 12.4. The van der Waals surface area contributed by atoms with Gasteiger partial charge < -0.3 is 9.41 Å². The predicted octanol–water partition coefficient (Wildman–Crippen LogP) is 6.63. The fourth-order valence-electron chi connectivity index (χ4n) is 2.48. The van der Waals surface area contributed by atoms with Crippen molar-refractivity contribution >= 4 is 19.2 Å². The summed E-state index contributed by atoms with van der Waals surface area (Å²) >= 11 is 0. The standard InChI is InChI=1S/C20H23F3N2OSi/c1-19(2,3)27(4,5)26-15-7-9-16-13(10-15)11-18(25-16)17-8-6-14(12-24-17)20(21,22)23/h6-12,25H,1-5H3. The fourth-order valence-corrected chi connectivity index (χ4v) is 3.50. The number of benzene rings is 1. The first kappa shape index (κ1) is 19.5. The van der Waals surface area contributed by atoms with Gasteiger partial charge in [0.2, 0.25) is 8.32 Å². The summed E-state index contributed by atoms with van der Waals surface area (Å²) in [5.41, 5.74) is 1.26. The molecule has 1 N–H and O–H groups in total. The van der Waals surface area contributed by atoms with Crippen LogP contribution in [0.2, 0.25) is 18.1 Å². The van der Waals surface area contributed by atoms with Gasteiger partial charge in [0.15, 0.2) is 0 Å². The van der Waals surface area contributed by atoms with Crippen molar-refractivity contribution in [3.63, 3.8) is 0 Å². The van der Waals surface area contributed by atoms with Crippen LogP contribution in [0.5, 0.6) is 5.75 Å². The highest BCUT2D eigenvalue weighted by Gasteiger charge is 2.39. The van der Waals surface area contributed by atoms with Crippen molar-refractivity contribution in [1.82, 2.24) is 9.97 Å². The highest BCUT2D eigenvalue weighted by atomic mass is 28.4. The Morgan fingerprint density at radius 2 is 1.70 bits per heavy atom. The SMILES string of the molecule is CC(C)(C)[Si](C)(C)Oc1ccc2[nH]c(-c3ccc(C(F)(F)F)cn3)cc2c1. The second-order valence-corrected chi connectivity index (χ2v) is 12.9. The Kier molecular flexibility index (Phi) is 4.62. The maximum absolute atomic E-state index is 12.7. The Morgan fingerprint density at radius 3 is 2.26 bits per heavy atom. The molecule has 3 rings (SSSR count). The summed E-state index contributed by atoms with van der Waals surface area (Å²) in [4.78, 5) is 7.15. The predicted molar refractivity (Wildman–Crippen MR) is 104 cm³/mol. The van der Waals surface area contributed by atoms with Crippen molar-refractivity contribution in [2.45, 2.75) is 45.1 Å². The zero-order valence-corrected chi connectivity index (χ0v) is 17.0. The van der Waals surface area contributed by atoms with Crippen LogP contribution in [0.4, 0.5) is 13.2 Å². The van der Waals surface area contributed by atoms with Gasteiger partial charge in [-0.2, -0.15) is 13.2 Å². The molecule has 0 aliphatic carbocycles. The second kappa shape index (κ2) is 6.40. The van der Waals surface area contributed by atoms with Crippen molar-refractivity contribution in [1.29, 1.82) is 0 Å². The third-order valence-electron chi connectivity index (χ3n) is 5.14. The molecule has 0 aliphatic rings. The number of H-pyrrole nitrogens is 1. The molecule has 0 saturated heterocycles. The zero-order valence-electron chi connectivity index (χ0n) is 16.0. The lowest BCUT2D eigenvalue weighted by Crippen LogP contribution is -2.43. The van der Waals surface area contributed by atoms with E-state index in [1.807, 2.05) is 24.3 Å². The lowest BCUT2D eigenvalue weighted by molar-refractivity contribution is -0.137. The van der Waals surface area contributed by atoms with Crippen LogP contribution in [-0.2, 0) is 6.18 Å². The largest absolute Gasteiger partial charge is 0.543 e. The number of hydrogen-bond acceptors (Lipinski definition) is 2. The Bertz CT molecular complexity index is 954. The Hall–Kier alpha value is -2.28. The van der Waals surface area contributed by atoms with E-state index >= 15 is 0 Å². The smallest absolute Gasteiger partial charge is 0.417 e. The number of rotatable bonds is 3. The molecule has 0 radical (unpaired) electrons. The van der Waals surface area contributed by atoms with Gasteiger partial charge in [0.1, 0.15) is 5.75 Å². The van der Waals surface area contributed by atoms with Gasteiger partial charge in [0.25, 0.3) is 0 Å². The number of pyridine rings is 1. The molecule has 3 aromatic rings. The zero-order chi connectivity index (χ0) is 20.0. The number of alkyl halides is 3. The number of fused-ring (bicyclic) bond motifs is 1. The Morgan fingerprint density at radius 1 is 1.00 bits per heavy atom. The molecule has 0 aliphatic heterocycles. The number of halogens is 3. The minimum atomic E-state index is -4.39. The molecule has 0 fully saturated rings. The van der Waals surface area contributed by atoms with E-state index in [-0.39, 0.29) is 5.04 Å². The molecule has 27 heavy (non-hydrogen) atoms. The summed E-state index contributed by atoms with van der Waals surface area (Å²) in [7, 11) is -1.94. The van der Waals surface area contributed by atoms with Crippen molar-refractivity contribution in [2.75, 3.05) is 0 Å². The first-order valence-corrected chi connectivity index (χ1v) is 11.6. The number of nitrogens with zero attached hydrogens (tertiary/aromatic N) is 1. The summed E-state index contributed by atoms with van der Waals surface area (Å²) in [5, 5.41) is 1.03. The summed E-state index contributed by atoms with van der Waals surface area (Å²) in [6.45, 7) is 10.9. The van der Waals surface area contributed by atoms with Crippen LogP contribution in [-0.4, -0.2) is 18.3 Å². The van der Waals surface area contributed by atoms with Crippen LogP contribution < -0.4 is 4.43 Å². The first-order valence-electron chi connectivity index (χ1n) is 8.72. The van der Waals surface area contributed by atoms with E-state index in [1.165, 1.54) is 6.07 Å². The van der Waals surface area contributed by atoms with Gasteiger partial charge in [-0.25, -0.2) is 0 Å². The van der Waals surface area contributed by atoms with Crippen molar-refractivity contribution in [2.24, 2.45) is 0 Å². The van der Waals surface area contributed by atoms with Gasteiger partial charge in [0.05, 0.1) is 17.0 Å². The van der Waals surface area contributed by atoms with E-state index in [9.17, 15) is 13.2 Å². The van der Waals surface area contributed by atoms with Gasteiger partial charge in [-0.15, -0.1) is 0 Å². The van der Waals surface area contributed by atoms with Crippen LogP contribution in [0.3, 0.4) is 0 Å². The molecular weight excluding hydrogens is 369 g/mol. The van der Waals surface area contributed by atoms with E-state index in [1.54, 1.807) is 0 Å². The minimum Gasteiger partial charge on any atom is -0.543 e. The summed E-state index contributed by atoms with van der Waals surface area (Å²) in [6, 6.07) is 10.1. The molecule has 1 aromatic carbocycles. The normalized spacial score (nSPS) is 13.2. The van der Waals surface area contributed by atoms with Gasteiger partial charge in [-0.05, 0) is 54.5 Å². The van der Waals surface area contributed by atoms with E-state index < -0.39 is 20.1 Å². The van der Waals surface area contributed by atoms with Crippen molar-refractivity contribution in [3.8, 4) is 17.1 Å². The Labute approximate surface area is 157 Å². The summed E-state index contributed by atoms with van der Waals surface area (Å²) < 4.78 is 44.4. The van der Waals surface area contributed by atoms with Crippen LogP contribution in [0, 0.1) is 0 Å². The molecular formula is C20H23F3N2OSi. The van der Waals surface area contributed by atoms with Crippen LogP contribution in [0.25, 0.3) is 22.3 Å². The van der Waals surface area contributed by atoms with Crippen molar-refractivity contribution < 1.29 is 17.6 Å². The molecule has 3 nitrogen and oxygen atoms in total. The lowest BCUT2D eigenvalue weighted by Gasteiger charge is -2.36. The molecule has 0 unspecified atom stereocenters. The average molecular weight is 392 g/mol. The number of hydrogen-bond donors (Lipinski definition) is 1. The van der Waals surface area contributed by atoms with Gasteiger partial charge >= 0.3 is 6.18 Å². The third kappa shape index (κ3) is 4.02. The molecule has 7 heteroatoms. The third-order valence-corrected chi connectivity index (χ3v) is 9.50. The second-order valence-electron chi connectivity index (χ2n) is 8.22. The maximum atomic E-state index is 12.7. The quantitative estimate of drug-likeness (QED) is 0.508. The van der Waals surface area contributed by atoms with E-state index in [2.05, 4.69) is 43.8 Å². The molecule has 0 bridgehead atoms. The van der Waals surface area contributed by atoms with E-state index in [0.29, 0.717) is 11.4 Å². The molecule has 0 spiro atoms. The Balaban J connectivity index is 1.90. The topological polar surface area (TPSA) is 37.9 Å². The number of aromatic amines is 1. The van der Waals surface area contributed by atoms with E-state index in [0.717, 1.165) is 28.9 Å². The fraction of sp³-hybridized carbons (Fsp3) is 0.350. The van der Waals surface area contributed by atoms with Crippen LogP contribution in [0.1, 0.15) is 26.3 Å². The van der Waals surface area contributed by atoms with Gasteiger partial charge in [-0.3, -0.25) is 4.98 Å². The number of aromatic nitrogens is 2.